The summed E-state index contributed by atoms with van der Waals surface area (Å²) in [6.45, 7) is 10.8. The molecule has 0 bridgehead atoms. The minimum atomic E-state index is 0.391. The lowest BCUT2D eigenvalue weighted by molar-refractivity contribution is 0.334. The molecule has 0 saturated heterocycles. The predicted molar refractivity (Wildman–Crippen MR) is 87.5 cm³/mol. The number of rotatable bonds is 4. The van der Waals surface area contributed by atoms with Crippen LogP contribution in [0.3, 0.4) is 0 Å². The fraction of sp³-hybridized carbons (Fsp3) is 0.368. The Kier molecular flexibility index (Phi) is 4.56. The van der Waals surface area contributed by atoms with E-state index in [-0.39, 0.29) is 0 Å². The van der Waals surface area contributed by atoms with Crippen LogP contribution in [0.1, 0.15) is 40.3 Å². The van der Waals surface area contributed by atoms with Crippen molar-refractivity contribution in [1.82, 2.24) is 0 Å². The summed E-state index contributed by atoms with van der Waals surface area (Å²) in [7, 11) is 0. The van der Waals surface area contributed by atoms with Crippen molar-refractivity contribution in [3.63, 3.8) is 0 Å². The molecule has 0 radical (unpaired) electrons. The zero-order valence-corrected chi connectivity index (χ0v) is 13.6. The quantitative estimate of drug-likeness (QED) is 0.888. The van der Waals surface area contributed by atoms with Gasteiger partial charge in [-0.2, -0.15) is 0 Å². The summed E-state index contributed by atoms with van der Waals surface area (Å²) < 4.78 is 5.81. The topological polar surface area (TPSA) is 29.5 Å². The summed E-state index contributed by atoms with van der Waals surface area (Å²) in [5, 5.41) is 10.3. The molecule has 2 nitrogen and oxygen atoms in total. The third-order valence-electron chi connectivity index (χ3n) is 3.69. The molecule has 0 heterocycles. The van der Waals surface area contributed by atoms with Crippen LogP contribution in [-0.2, 0) is 6.42 Å². The maximum atomic E-state index is 10.3. The molecule has 0 unspecified atom stereocenters. The van der Waals surface area contributed by atoms with Gasteiger partial charge in [-0.1, -0.05) is 35.4 Å². The van der Waals surface area contributed by atoms with E-state index < -0.39 is 0 Å². The molecule has 0 amide bonds. The van der Waals surface area contributed by atoms with Gasteiger partial charge in [-0.25, -0.2) is 0 Å². The lowest BCUT2D eigenvalue weighted by Gasteiger charge is -2.16. The smallest absolute Gasteiger partial charge is 0.125 e. The Balaban J connectivity index is 2.48. The van der Waals surface area contributed by atoms with Gasteiger partial charge in [-0.3, -0.25) is 0 Å². The molecule has 0 aliphatic rings. The maximum Gasteiger partial charge on any atom is 0.125 e. The van der Waals surface area contributed by atoms with Gasteiger partial charge in [0.05, 0.1) is 6.61 Å². The van der Waals surface area contributed by atoms with Crippen LogP contribution in [0.25, 0.3) is 0 Å². The van der Waals surface area contributed by atoms with Gasteiger partial charge in [0.25, 0.3) is 0 Å². The molecule has 0 aliphatic heterocycles. The zero-order chi connectivity index (χ0) is 15.6. The highest BCUT2D eigenvalue weighted by Gasteiger charge is 2.12. The second-order valence-corrected chi connectivity index (χ2v) is 5.77. The number of benzene rings is 2. The number of phenols is 1. The van der Waals surface area contributed by atoms with Crippen LogP contribution in [0.2, 0.25) is 0 Å². The third kappa shape index (κ3) is 3.38. The van der Waals surface area contributed by atoms with Gasteiger partial charge in [0.15, 0.2) is 0 Å². The average molecular weight is 284 g/mol. The Labute approximate surface area is 127 Å². The lowest BCUT2D eigenvalue weighted by Crippen LogP contribution is -2.01. The Morgan fingerprint density at radius 3 is 2.05 bits per heavy atom. The number of aryl methyl sites for hydroxylation is 4. The Hall–Kier alpha value is -1.96. The predicted octanol–water partition coefficient (Wildman–Crippen LogP) is 4.62. The first-order valence-corrected chi connectivity index (χ1v) is 7.44. The van der Waals surface area contributed by atoms with E-state index in [0.717, 1.165) is 28.0 Å². The molecule has 2 heteroatoms. The van der Waals surface area contributed by atoms with E-state index in [1.54, 1.807) is 0 Å². The summed E-state index contributed by atoms with van der Waals surface area (Å²) in [5.41, 5.74) is 6.55. The van der Waals surface area contributed by atoms with Crippen LogP contribution in [0.4, 0.5) is 0 Å². The molecule has 2 aromatic carbocycles. The van der Waals surface area contributed by atoms with Crippen molar-refractivity contribution in [2.75, 3.05) is 6.61 Å². The zero-order valence-electron chi connectivity index (χ0n) is 13.6. The second kappa shape index (κ2) is 6.21. The molecule has 1 N–H and O–H groups in total. The highest BCUT2D eigenvalue weighted by molar-refractivity contribution is 5.50. The molecular formula is C19H24O2. The van der Waals surface area contributed by atoms with Gasteiger partial charge < -0.3 is 9.84 Å². The molecule has 0 saturated carbocycles. The fourth-order valence-corrected chi connectivity index (χ4v) is 2.91. The molecule has 0 atom stereocenters. The summed E-state index contributed by atoms with van der Waals surface area (Å²) in [6, 6.07) is 8.34. The molecule has 21 heavy (non-hydrogen) atoms. The maximum absolute atomic E-state index is 10.3. The minimum absolute atomic E-state index is 0.391. The molecule has 0 aliphatic carbocycles. The highest BCUT2D eigenvalue weighted by Crippen LogP contribution is 2.32. The second-order valence-electron chi connectivity index (χ2n) is 5.77. The molecule has 2 aromatic rings. The fourth-order valence-electron chi connectivity index (χ4n) is 2.91. The summed E-state index contributed by atoms with van der Waals surface area (Å²) >= 11 is 0. The van der Waals surface area contributed by atoms with Crippen LogP contribution >= 0.6 is 0 Å². The molecular weight excluding hydrogens is 260 g/mol. The van der Waals surface area contributed by atoms with Crippen LogP contribution in [0, 0.1) is 27.7 Å². The first-order valence-electron chi connectivity index (χ1n) is 7.44. The van der Waals surface area contributed by atoms with E-state index in [1.165, 1.54) is 11.1 Å². The Morgan fingerprint density at radius 1 is 0.857 bits per heavy atom. The van der Waals surface area contributed by atoms with Crippen molar-refractivity contribution >= 4 is 0 Å². The lowest BCUT2D eigenvalue weighted by atomic mass is 9.96. The van der Waals surface area contributed by atoms with Crippen LogP contribution in [0.5, 0.6) is 11.5 Å². The number of ether oxygens (including phenoxy) is 1. The van der Waals surface area contributed by atoms with E-state index in [1.807, 2.05) is 19.9 Å². The number of hydrogen-bond donors (Lipinski definition) is 1. The number of phenolic OH excluding ortho intramolecular Hbond substituents is 1. The van der Waals surface area contributed by atoms with E-state index in [2.05, 4.69) is 39.0 Å². The minimum Gasteiger partial charge on any atom is -0.507 e. The van der Waals surface area contributed by atoms with E-state index in [9.17, 15) is 5.11 Å². The van der Waals surface area contributed by atoms with Gasteiger partial charge in [-0.05, 0) is 56.9 Å². The third-order valence-corrected chi connectivity index (χ3v) is 3.69. The normalized spacial score (nSPS) is 10.7. The monoisotopic (exact) mass is 284 g/mol. The van der Waals surface area contributed by atoms with Gasteiger partial charge in [0.2, 0.25) is 0 Å². The van der Waals surface area contributed by atoms with Crippen molar-refractivity contribution in [1.29, 1.82) is 0 Å². The van der Waals surface area contributed by atoms with Gasteiger partial charge in [0.1, 0.15) is 11.5 Å². The van der Waals surface area contributed by atoms with E-state index in [4.69, 9.17) is 4.74 Å². The SMILES string of the molecule is CCOc1c(C)cc(C)cc1Cc1cc(C)cc(C)c1O. The molecule has 112 valence electrons. The highest BCUT2D eigenvalue weighted by atomic mass is 16.5. The number of aromatic hydroxyl groups is 1. The van der Waals surface area contributed by atoms with Crippen molar-refractivity contribution in [2.45, 2.75) is 41.0 Å². The molecule has 0 aromatic heterocycles. The van der Waals surface area contributed by atoms with Crippen molar-refractivity contribution in [3.05, 3.63) is 57.6 Å². The molecule has 0 spiro atoms. The number of hydrogen-bond acceptors (Lipinski definition) is 2. The largest absolute Gasteiger partial charge is 0.507 e. The van der Waals surface area contributed by atoms with E-state index in [0.29, 0.717) is 18.8 Å². The molecule has 2 rings (SSSR count). The van der Waals surface area contributed by atoms with Crippen LogP contribution in [0.15, 0.2) is 24.3 Å². The first kappa shape index (κ1) is 15.4. The molecule has 0 fully saturated rings. The standard InChI is InChI=1S/C19H24O2/c1-6-21-19-15(5)8-13(3)10-17(19)11-16-9-12(2)7-14(4)18(16)20/h7-10,20H,6,11H2,1-5H3. The average Bonchev–Trinajstić information content (AvgIpc) is 2.39. The Bertz CT molecular complexity index is 657. The van der Waals surface area contributed by atoms with Crippen molar-refractivity contribution in [2.24, 2.45) is 0 Å². The summed E-state index contributed by atoms with van der Waals surface area (Å²) in [5.74, 6) is 1.34. The van der Waals surface area contributed by atoms with Gasteiger partial charge in [0, 0.05) is 6.42 Å². The van der Waals surface area contributed by atoms with Gasteiger partial charge >= 0.3 is 0 Å². The summed E-state index contributed by atoms with van der Waals surface area (Å²) in [6.07, 6.45) is 0.687. The first-order chi connectivity index (χ1) is 9.92. The van der Waals surface area contributed by atoms with E-state index >= 15 is 0 Å². The van der Waals surface area contributed by atoms with Gasteiger partial charge in [-0.15, -0.1) is 0 Å². The van der Waals surface area contributed by atoms with Crippen molar-refractivity contribution in [3.8, 4) is 11.5 Å². The van der Waals surface area contributed by atoms with Crippen molar-refractivity contribution < 1.29 is 9.84 Å². The Morgan fingerprint density at radius 2 is 1.43 bits per heavy atom. The van der Waals surface area contributed by atoms with Crippen LogP contribution < -0.4 is 4.74 Å². The summed E-state index contributed by atoms with van der Waals surface area (Å²) in [4.78, 5) is 0. The van der Waals surface area contributed by atoms with Crippen LogP contribution in [-0.4, -0.2) is 11.7 Å².